The SMILES string of the molecule is CCn1cc(O[C@@H]2CN(c3ncnc4cccc(F)c34)C[C@H]2O)cn1. The van der Waals surface area contributed by atoms with E-state index < -0.39 is 12.2 Å². The van der Waals surface area contributed by atoms with Crippen molar-refractivity contribution in [2.45, 2.75) is 25.7 Å². The normalized spacial score (nSPS) is 20.4. The molecule has 1 aliphatic heterocycles. The summed E-state index contributed by atoms with van der Waals surface area (Å²) in [4.78, 5) is 10.2. The van der Waals surface area contributed by atoms with Gasteiger partial charge in [-0.05, 0) is 19.1 Å². The van der Waals surface area contributed by atoms with Crippen LogP contribution in [0.25, 0.3) is 10.9 Å². The molecule has 0 amide bonds. The maximum atomic E-state index is 14.3. The fourth-order valence-electron chi connectivity index (χ4n) is 3.09. The highest BCUT2D eigenvalue weighted by Crippen LogP contribution is 2.29. The van der Waals surface area contributed by atoms with E-state index >= 15 is 0 Å². The van der Waals surface area contributed by atoms with Crippen LogP contribution in [0.4, 0.5) is 10.2 Å². The lowest BCUT2D eigenvalue weighted by Gasteiger charge is -2.18. The topological polar surface area (TPSA) is 76.3 Å². The molecule has 1 saturated heterocycles. The van der Waals surface area contributed by atoms with Gasteiger partial charge in [-0.3, -0.25) is 4.68 Å². The Labute approximate surface area is 143 Å². The van der Waals surface area contributed by atoms with Crippen molar-refractivity contribution in [1.29, 1.82) is 0 Å². The third kappa shape index (κ3) is 2.89. The zero-order chi connectivity index (χ0) is 17.4. The second kappa shape index (κ2) is 6.29. The van der Waals surface area contributed by atoms with Gasteiger partial charge in [-0.2, -0.15) is 5.10 Å². The van der Waals surface area contributed by atoms with E-state index in [9.17, 15) is 9.50 Å². The third-order valence-electron chi connectivity index (χ3n) is 4.35. The first-order valence-electron chi connectivity index (χ1n) is 8.17. The first-order chi connectivity index (χ1) is 12.2. The molecule has 7 nitrogen and oxygen atoms in total. The number of aliphatic hydroxyl groups is 1. The number of hydrogen-bond donors (Lipinski definition) is 1. The smallest absolute Gasteiger partial charge is 0.157 e. The van der Waals surface area contributed by atoms with Crippen molar-refractivity contribution >= 4 is 16.7 Å². The molecule has 0 saturated carbocycles. The lowest BCUT2D eigenvalue weighted by atomic mass is 10.2. The largest absolute Gasteiger partial charge is 0.482 e. The summed E-state index contributed by atoms with van der Waals surface area (Å²) >= 11 is 0. The summed E-state index contributed by atoms with van der Waals surface area (Å²) in [5.74, 6) is 0.695. The van der Waals surface area contributed by atoms with Crippen LogP contribution in [0.3, 0.4) is 0 Å². The molecule has 1 fully saturated rings. The molecular weight excluding hydrogens is 325 g/mol. The molecule has 8 heteroatoms. The number of β-amino-alcohol motifs (C(OH)–C–C–N with tert-alkyl or cyclic N) is 1. The molecular formula is C17H18FN5O2. The van der Waals surface area contributed by atoms with Gasteiger partial charge in [-0.1, -0.05) is 6.07 Å². The Morgan fingerprint density at radius 1 is 1.32 bits per heavy atom. The molecule has 4 rings (SSSR count). The first kappa shape index (κ1) is 15.8. The van der Waals surface area contributed by atoms with Crippen LogP contribution in [0.2, 0.25) is 0 Å². The number of nitrogens with zero attached hydrogens (tertiary/aromatic N) is 5. The number of aliphatic hydroxyl groups excluding tert-OH is 1. The number of aryl methyl sites for hydroxylation is 1. The molecule has 2 aromatic heterocycles. The predicted molar refractivity (Wildman–Crippen MR) is 90.0 cm³/mol. The summed E-state index contributed by atoms with van der Waals surface area (Å²) in [6.07, 6.45) is 3.67. The van der Waals surface area contributed by atoms with E-state index in [0.29, 0.717) is 35.6 Å². The Hall–Kier alpha value is -2.74. The molecule has 2 atom stereocenters. The van der Waals surface area contributed by atoms with Gasteiger partial charge in [0.05, 0.1) is 29.8 Å². The Kier molecular flexibility index (Phi) is 3.96. The third-order valence-corrected chi connectivity index (χ3v) is 4.35. The molecule has 1 N–H and O–H groups in total. The van der Waals surface area contributed by atoms with E-state index in [0.717, 1.165) is 6.54 Å². The number of rotatable bonds is 4. The second-order valence-electron chi connectivity index (χ2n) is 5.99. The van der Waals surface area contributed by atoms with Gasteiger partial charge in [0.25, 0.3) is 0 Å². The molecule has 130 valence electrons. The van der Waals surface area contributed by atoms with Crippen LogP contribution in [0.15, 0.2) is 36.9 Å². The van der Waals surface area contributed by atoms with Gasteiger partial charge in [-0.25, -0.2) is 14.4 Å². The van der Waals surface area contributed by atoms with Gasteiger partial charge in [0.1, 0.15) is 30.2 Å². The number of hydrogen-bond acceptors (Lipinski definition) is 6. The minimum atomic E-state index is -0.707. The zero-order valence-electron chi connectivity index (χ0n) is 13.7. The van der Waals surface area contributed by atoms with Crippen LogP contribution in [-0.4, -0.2) is 50.2 Å². The molecule has 25 heavy (non-hydrogen) atoms. The highest BCUT2D eigenvalue weighted by molar-refractivity contribution is 5.90. The number of anilines is 1. The molecule has 0 bridgehead atoms. The van der Waals surface area contributed by atoms with Gasteiger partial charge in [-0.15, -0.1) is 0 Å². The summed E-state index contributed by atoms with van der Waals surface area (Å²) in [5.41, 5.74) is 0.535. The fraction of sp³-hybridized carbons (Fsp3) is 0.353. The summed E-state index contributed by atoms with van der Waals surface area (Å²) in [5, 5.41) is 14.9. The van der Waals surface area contributed by atoms with Crippen molar-refractivity contribution < 1.29 is 14.2 Å². The van der Waals surface area contributed by atoms with Crippen LogP contribution in [0, 0.1) is 5.82 Å². The Morgan fingerprint density at radius 2 is 2.20 bits per heavy atom. The standard InChI is InChI=1S/C17H18FN5O2/c1-2-23-7-11(6-21-23)25-15-9-22(8-14(15)24)17-16-12(18)4-3-5-13(16)19-10-20-17/h3-7,10,14-15,24H,2,8-9H2,1H3/t14-,15-/m1/s1. The summed E-state index contributed by atoms with van der Waals surface area (Å²) in [7, 11) is 0. The summed E-state index contributed by atoms with van der Waals surface area (Å²) in [6, 6.07) is 4.74. The van der Waals surface area contributed by atoms with E-state index in [-0.39, 0.29) is 5.82 Å². The number of ether oxygens (including phenoxy) is 1. The predicted octanol–water partition coefficient (Wildman–Crippen LogP) is 1.61. The second-order valence-corrected chi connectivity index (χ2v) is 5.99. The number of halogens is 1. The van der Waals surface area contributed by atoms with Crippen molar-refractivity contribution in [3.05, 3.63) is 42.7 Å². The first-order valence-corrected chi connectivity index (χ1v) is 8.17. The van der Waals surface area contributed by atoms with Gasteiger partial charge < -0.3 is 14.7 Å². The van der Waals surface area contributed by atoms with Crippen molar-refractivity contribution in [3.63, 3.8) is 0 Å². The average Bonchev–Trinajstić information content (AvgIpc) is 3.22. The van der Waals surface area contributed by atoms with Crippen LogP contribution >= 0.6 is 0 Å². The Balaban J connectivity index is 1.59. The van der Waals surface area contributed by atoms with Crippen molar-refractivity contribution in [2.75, 3.05) is 18.0 Å². The van der Waals surface area contributed by atoms with Crippen molar-refractivity contribution in [2.24, 2.45) is 0 Å². The number of fused-ring (bicyclic) bond motifs is 1. The van der Waals surface area contributed by atoms with Gasteiger partial charge in [0.15, 0.2) is 5.75 Å². The van der Waals surface area contributed by atoms with Gasteiger partial charge in [0, 0.05) is 13.1 Å². The van der Waals surface area contributed by atoms with E-state index in [4.69, 9.17) is 4.74 Å². The van der Waals surface area contributed by atoms with Gasteiger partial charge in [0.2, 0.25) is 0 Å². The Morgan fingerprint density at radius 3 is 3.00 bits per heavy atom. The molecule has 3 aromatic rings. The Bertz CT molecular complexity index is 894. The maximum absolute atomic E-state index is 14.3. The highest BCUT2D eigenvalue weighted by atomic mass is 19.1. The van der Waals surface area contributed by atoms with E-state index in [1.807, 2.05) is 11.8 Å². The molecule has 0 aliphatic carbocycles. The molecule has 3 heterocycles. The van der Waals surface area contributed by atoms with Crippen LogP contribution in [0.1, 0.15) is 6.92 Å². The molecule has 1 aliphatic rings. The molecule has 1 aromatic carbocycles. The molecule has 0 radical (unpaired) electrons. The fourth-order valence-corrected chi connectivity index (χ4v) is 3.09. The van der Waals surface area contributed by atoms with E-state index in [1.165, 1.54) is 12.4 Å². The minimum absolute atomic E-state index is 0.313. The van der Waals surface area contributed by atoms with Crippen molar-refractivity contribution in [3.8, 4) is 5.75 Å². The summed E-state index contributed by atoms with van der Waals surface area (Å²) < 4.78 is 21.9. The zero-order valence-corrected chi connectivity index (χ0v) is 13.7. The number of aromatic nitrogens is 4. The van der Waals surface area contributed by atoms with Crippen molar-refractivity contribution in [1.82, 2.24) is 19.7 Å². The van der Waals surface area contributed by atoms with Gasteiger partial charge >= 0.3 is 0 Å². The minimum Gasteiger partial charge on any atom is -0.482 e. The lowest BCUT2D eigenvalue weighted by Crippen LogP contribution is -2.29. The van der Waals surface area contributed by atoms with E-state index in [1.54, 1.807) is 29.2 Å². The van der Waals surface area contributed by atoms with Crippen LogP contribution < -0.4 is 9.64 Å². The maximum Gasteiger partial charge on any atom is 0.157 e. The monoisotopic (exact) mass is 343 g/mol. The van der Waals surface area contributed by atoms with Crippen LogP contribution in [0.5, 0.6) is 5.75 Å². The quantitative estimate of drug-likeness (QED) is 0.776. The van der Waals surface area contributed by atoms with E-state index in [2.05, 4.69) is 15.1 Å². The number of benzene rings is 1. The highest BCUT2D eigenvalue weighted by Gasteiger charge is 2.35. The lowest BCUT2D eigenvalue weighted by molar-refractivity contribution is 0.0737. The molecule has 0 spiro atoms. The summed E-state index contributed by atoms with van der Waals surface area (Å²) in [6.45, 7) is 3.44. The molecule has 0 unspecified atom stereocenters. The average molecular weight is 343 g/mol. The van der Waals surface area contributed by atoms with Crippen LogP contribution in [-0.2, 0) is 6.54 Å².